The number of hydrogen-bond acceptors (Lipinski definition) is 4. The van der Waals surface area contributed by atoms with E-state index in [1.807, 2.05) is 26.0 Å². The van der Waals surface area contributed by atoms with Gasteiger partial charge in [0, 0.05) is 29.2 Å². The number of sulfonamides is 1. The smallest absolute Gasteiger partial charge is 0.246 e. The average molecular weight is 499 g/mol. The highest BCUT2D eigenvalue weighted by Crippen LogP contribution is 2.31. The zero-order valence-corrected chi connectivity index (χ0v) is 19.4. The molecule has 0 radical (unpaired) electrons. The molecule has 0 aromatic heterocycles. The molecule has 1 amide bonds. The lowest BCUT2D eigenvalue weighted by Crippen LogP contribution is -2.41. The predicted molar refractivity (Wildman–Crippen MR) is 117 cm³/mol. The van der Waals surface area contributed by atoms with Crippen molar-refractivity contribution in [2.45, 2.75) is 31.6 Å². The van der Waals surface area contributed by atoms with Crippen LogP contribution in [0.15, 0.2) is 39.7 Å². The van der Waals surface area contributed by atoms with E-state index in [2.05, 4.69) is 21.2 Å². The maximum Gasteiger partial charge on any atom is 0.246 e. The third kappa shape index (κ3) is 4.68. The van der Waals surface area contributed by atoms with Gasteiger partial charge in [0.25, 0.3) is 0 Å². The number of methoxy groups -OCH3 is 1. The summed E-state index contributed by atoms with van der Waals surface area (Å²) < 4.78 is 46.9. The summed E-state index contributed by atoms with van der Waals surface area (Å²) in [5.41, 5.74) is 2.68. The lowest BCUT2D eigenvalue weighted by Gasteiger charge is -2.31. The molecule has 1 heterocycles. The van der Waals surface area contributed by atoms with Gasteiger partial charge in [0.1, 0.15) is 16.5 Å². The number of piperidine rings is 1. The molecule has 0 atom stereocenters. The molecule has 30 heavy (non-hydrogen) atoms. The summed E-state index contributed by atoms with van der Waals surface area (Å²) in [6, 6.07) is 7.28. The third-order valence-corrected chi connectivity index (χ3v) is 7.69. The Hall–Kier alpha value is -1.97. The van der Waals surface area contributed by atoms with Crippen LogP contribution in [0.5, 0.6) is 5.75 Å². The van der Waals surface area contributed by atoms with Gasteiger partial charge in [-0.1, -0.05) is 15.9 Å². The van der Waals surface area contributed by atoms with Crippen LogP contribution in [0.25, 0.3) is 0 Å². The van der Waals surface area contributed by atoms with E-state index in [1.165, 1.54) is 17.5 Å². The van der Waals surface area contributed by atoms with Gasteiger partial charge >= 0.3 is 0 Å². The summed E-state index contributed by atoms with van der Waals surface area (Å²) in [5, 5.41) is 2.99. The van der Waals surface area contributed by atoms with E-state index in [1.54, 1.807) is 0 Å². The average Bonchev–Trinajstić information content (AvgIpc) is 2.70. The largest absolute Gasteiger partial charge is 0.495 e. The van der Waals surface area contributed by atoms with Crippen LogP contribution in [-0.2, 0) is 14.8 Å². The van der Waals surface area contributed by atoms with Gasteiger partial charge in [0.15, 0.2) is 0 Å². The Bertz CT molecular complexity index is 1040. The molecule has 9 heteroatoms. The van der Waals surface area contributed by atoms with Crippen molar-refractivity contribution in [3.63, 3.8) is 0 Å². The fourth-order valence-electron chi connectivity index (χ4n) is 3.68. The van der Waals surface area contributed by atoms with Crippen molar-refractivity contribution in [1.29, 1.82) is 0 Å². The fourth-order valence-corrected chi connectivity index (χ4v) is 6.01. The van der Waals surface area contributed by atoms with Gasteiger partial charge in [-0.2, -0.15) is 4.31 Å². The topological polar surface area (TPSA) is 75.7 Å². The number of amides is 1. The van der Waals surface area contributed by atoms with Crippen LogP contribution >= 0.6 is 15.9 Å². The molecule has 1 N–H and O–H groups in total. The molecular formula is C21H24BrFN2O4S. The number of nitrogens with zero attached hydrogens (tertiary/aromatic N) is 1. The lowest BCUT2D eigenvalue weighted by atomic mass is 9.96. The van der Waals surface area contributed by atoms with Crippen LogP contribution in [0.4, 0.5) is 10.1 Å². The van der Waals surface area contributed by atoms with Crippen molar-refractivity contribution in [2.75, 3.05) is 25.5 Å². The number of hydrogen-bond donors (Lipinski definition) is 1. The Morgan fingerprint density at radius 1 is 1.17 bits per heavy atom. The number of nitrogens with one attached hydrogen (secondary N) is 1. The zero-order valence-electron chi connectivity index (χ0n) is 17.0. The number of halogens is 2. The fraction of sp³-hybridized carbons (Fsp3) is 0.381. The van der Waals surface area contributed by atoms with E-state index < -0.39 is 15.8 Å². The van der Waals surface area contributed by atoms with Gasteiger partial charge in [-0.25, -0.2) is 12.8 Å². The second kappa shape index (κ2) is 9.03. The molecule has 0 spiro atoms. The molecule has 2 aromatic rings. The zero-order chi connectivity index (χ0) is 22.1. The Morgan fingerprint density at radius 3 is 2.33 bits per heavy atom. The van der Waals surface area contributed by atoms with Crippen LogP contribution in [0.1, 0.15) is 24.0 Å². The number of anilines is 1. The first-order valence-electron chi connectivity index (χ1n) is 9.54. The Kier molecular flexibility index (Phi) is 6.84. The summed E-state index contributed by atoms with van der Waals surface area (Å²) in [7, 11) is -2.58. The second-order valence-electron chi connectivity index (χ2n) is 7.38. The van der Waals surface area contributed by atoms with Crippen molar-refractivity contribution >= 4 is 37.5 Å². The maximum absolute atomic E-state index is 13.7. The minimum absolute atomic E-state index is 0.0949. The van der Waals surface area contributed by atoms with Crippen molar-refractivity contribution < 1.29 is 22.3 Å². The van der Waals surface area contributed by atoms with Crippen LogP contribution < -0.4 is 10.1 Å². The van der Waals surface area contributed by atoms with Crippen LogP contribution in [0.2, 0.25) is 0 Å². The predicted octanol–water partition coefficient (Wildman–Crippen LogP) is 4.25. The number of ether oxygens (including phenoxy) is 1. The summed E-state index contributed by atoms with van der Waals surface area (Å²) >= 11 is 3.44. The van der Waals surface area contributed by atoms with Gasteiger partial charge in [0.05, 0.1) is 7.11 Å². The van der Waals surface area contributed by atoms with Crippen molar-refractivity contribution in [1.82, 2.24) is 4.31 Å². The maximum atomic E-state index is 13.7. The highest BCUT2D eigenvalue weighted by Gasteiger charge is 2.34. The van der Waals surface area contributed by atoms with E-state index in [0.717, 1.165) is 33.4 Å². The minimum Gasteiger partial charge on any atom is -0.495 e. The van der Waals surface area contributed by atoms with E-state index in [9.17, 15) is 17.6 Å². The molecule has 0 saturated carbocycles. The molecule has 1 aliphatic heterocycles. The monoisotopic (exact) mass is 498 g/mol. The van der Waals surface area contributed by atoms with E-state index >= 15 is 0 Å². The number of carbonyl (C=O) groups excluding carboxylic acids is 1. The van der Waals surface area contributed by atoms with Gasteiger partial charge < -0.3 is 10.1 Å². The summed E-state index contributed by atoms with van der Waals surface area (Å²) in [4.78, 5) is 12.6. The molecule has 1 aliphatic rings. The van der Waals surface area contributed by atoms with Gasteiger partial charge in [-0.15, -0.1) is 0 Å². The Balaban J connectivity index is 1.70. The molecule has 0 aliphatic carbocycles. The molecule has 3 rings (SSSR count). The highest BCUT2D eigenvalue weighted by atomic mass is 79.9. The molecule has 162 valence electrons. The number of carbonyl (C=O) groups is 1. The molecular weight excluding hydrogens is 475 g/mol. The molecule has 1 fully saturated rings. The molecule has 6 nitrogen and oxygen atoms in total. The standard InChI is InChI=1S/C21H24BrFN2O4S/c1-13-10-16(22)11-14(2)20(13)24-21(26)15-6-8-25(9-7-15)30(27,28)19-12-17(23)4-5-18(19)29-3/h4-5,10-12,15H,6-9H2,1-3H3,(H,24,26). The number of rotatable bonds is 5. The van der Waals surface area contributed by atoms with Crippen LogP contribution in [-0.4, -0.2) is 38.8 Å². The SMILES string of the molecule is COc1ccc(F)cc1S(=O)(=O)N1CCC(C(=O)Nc2c(C)cc(Br)cc2C)CC1. The molecule has 1 saturated heterocycles. The summed E-state index contributed by atoms with van der Waals surface area (Å²) in [6.45, 7) is 4.21. The Labute approximate surface area is 184 Å². The summed E-state index contributed by atoms with van der Waals surface area (Å²) in [5.74, 6) is -0.974. The molecule has 2 aromatic carbocycles. The van der Waals surface area contributed by atoms with Gasteiger partial charge in [0.2, 0.25) is 15.9 Å². The van der Waals surface area contributed by atoms with Crippen molar-refractivity contribution in [2.24, 2.45) is 5.92 Å². The van der Waals surface area contributed by atoms with E-state index in [-0.39, 0.29) is 35.6 Å². The number of aryl methyl sites for hydroxylation is 2. The van der Waals surface area contributed by atoms with E-state index in [4.69, 9.17) is 4.74 Å². The lowest BCUT2D eigenvalue weighted by molar-refractivity contribution is -0.120. The van der Waals surface area contributed by atoms with Gasteiger partial charge in [-0.3, -0.25) is 4.79 Å². The number of benzene rings is 2. The molecule has 0 bridgehead atoms. The summed E-state index contributed by atoms with van der Waals surface area (Å²) in [6.07, 6.45) is 0.772. The Morgan fingerprint density at radius 2 is 1.77 bits per heavy atom. The van der Waals surface area contributed by atoms with Crippen molar-refractivity contribution in [3.05, 3.63) is 51.7 Å². The van der Waals surface area contributed by atoms with Crippen molar-refractivity contribution in [3.8, 4) is 5.75 Å². The van der Waals surface area contributed by atoms with Gasteiger partial charge in [-0.05, 0) is 68.1 Å². The first-order chi connectivity index (χ1) is 14.1. The first kappa shape index (κ1) is 22.7. The first-order valence-corrected chi connectivity index (χ1v) is 11.8. The van der Waals surface area contributed by atoms with Crippen LogP contribution in [0.3, 0.4) is 0 Å². The normalized spacial score (nSPS) is 15.8. The van der Waals surface area contributed by atoms with E-state index in [0.29, 0.717) is 12.8 Å². The highest BCUT2D eigenvalue weighted by molar-refractivity contribution is 9.10. The third-order valence-electron chi connectivity index (χ3n) is 5.31. The second-order valence-corrected chi connectivity index (χ2v) is 10.2. The molecule has 0 unspecified atom stereocenters. The minimum atomic E-state index is -3.92. The van der Waals surface area contributed by atoms with Crippen LogP contribution in [0, 0.1) is 25.6 Å². The quantitative estimate of drug-likeness (QED) is 0.668.